The lowest BCUT2D eigenvalue weighted by molar-refractivity contribution is 0.0748. The van der Waals surface area contributed by atoms with Crippen molar-refractivity contribution in [3.63, 3.8) is 0 Å². The molecule has 3 aromatic carbocycles. The average Bonchev–Trinajstić information content (AvgIpc) is 2.88. The molecule has 0 aliphatic carbocycles. The highest BCUT2D eigenvalue weighted by atomic mass is 16.5. The fourth-order valence-electron chi connectivity index (χ4n) is 4.29. The van der Waals surface area contributed by atoms with E-state index < -0.39 is 0 Å². The number of piperazine rings is 1. The van der Waals surface area contributed by atoms with Crippen LogP contribution in [-0.2, 0) is 0 Å². The van der Waals surface area contributed by atoms with Gasteiger partial charge in [-0.2, -0.15) is 0 Å². The molecule has 2 heterocycles. The number of carbonyl (C=O) groups is 1. The number of hydrogen-bond acceptors (Lipinski definition) is 5. The fourth-order valence-corrected chi connectivity index (χ4v) is 4.29. The number of hydrogen-bond donors (Lipinski definition) is 1. The Morgan fingerprint density at radius 3 is 2.39 bits per heavy atom. The second-order valence-electron chi connectivity index (χ2n) is 8.10. The normalized spacial score (nSPS) is 13.8. The maximum Gasteiger partial charge on any atom is 0.254 e. The molecule has 0 radical (unpaired) electrons. The van der Waals surface area contributed by atoms with Gasteiger partial charge >= 0.3 is 0 Å². The number of phenolic OH excluding ortho intramolecular Hbond substituents is 1. The quantitative estimate of drug-likeness (QED) is 0.504. The molecule has 0 atom stereocenters. The number of anilines is 1. The zero-order valence-electron chi connectivity index (χ0n) is 18.4. The summed E-state index contributed by atoms with van der Waals surface area (Å²) in [6.45, 7) is 2.65. The van der Waals surface area contributed by atoms with E-state index in [1.165, 1.54) is 0 Å². The predicted octanol–water partition coefficient (Wildman–Crippen LogP) is 4.58. The number of amides is 1. The van der Waals surface area contributed by atoms with E-state index in [1.807, 2.05) is 71.6 Å². The molecule has 0 spiro atoms. The molecule has 0 bridgehead atoms. The summed E-state index contributed by atoms with van der Waals surface area (Å²) in [6.07, 6.45) is 0. The van der Waals surface area contributed by atoms with Gasteiger partial charge in [0.25, 0.3) is 5.91 Å². The Hall–Kier alpha value is -4.06. The first kappa shape index (κ1) is 20.8. The van der Waals surface area contributed by atoms with Crippen LogP contribution in [0.4, 0.5) is 5.69 Å². The fraction of sp³-hybridized carbons (Fsp3) is 0.185. The van der Waals surface area contributed by atoms with Gasteiger partial charge in [0.2, 0.25) is 0 Å². The smallest absolute Gasteiger partial charge is 0.254 e. The van der Waals surface area contributed by atoms with E-state index in [0.29, 0.717) is 31.7 Å². The van der Waals surface area contributed by atoms with Gasteiger partial charge in [-0.1, -0.05) is 24.3 Å². The molecule has 1 N–H and O–H groups in total. The molecule has 0 unspecified atom stereocenters. The summed E-state index contributed by atoms with van der Waals surface area (Å²) in [5, 5.41) is 10.6. The predicted molar refractivity (Wildman–Crippen MR) is 130 cm³/mol. The average molecular weight is 440 g/mol. The van der Waals surface area contributed by atoms with Crippen LogP contribution >= 0.6 is 0 Å². The Labute approximate surface area is 192 Å². The highest BCUT2D eigenvalue weighted by Gasteiger charge is 2.24. The number of carbonyl (C=O) groups excluding carboxylic acids is 1. The molecule has 33 heavy (non-hydrogen) atoms. The highest BCUT2D eigenvalue weighted by molar-refractivity contribution is 6.07. The number of methoxy groups -OCH3 is 1. The van der Waals surface area contributed by atoms with Crippen molar-refractivity contribution in [1.29, 1.82) is 0 Å². The second-order valence-corrected chi connectivity index (χ2v) is 8.10. The maximum atomic E-state index is 13.6. The van der Waals surface area contributed by atoms with Crippen LogP contribution in [-0.4, -0.2) is 54.2 Å². The Balaban J connectivity index is 1.43. The molecule has 1 fully saturated rings. The van der Waals surface area contributed by atoms with Gasteiger partial charge in [-0.15, -0.1) is 0 Å². The molecule has 4 aromatic rings. The minimum absolute atomic E-state index is 0.0129. The summed E-state index contributed by atoms with van der Waals surface area (Å²) < 4.78 is 5.26. The van der Waals surface area contributed by atoms with E-state index in [1.54, 1.807) is 19.2 Å². The molecule has 1 aliphatic heterocycles. The standard InChI is InChI=1S/C27H25N3O3/c1-33-22-11-9-19(10-12-22)26-18-24(23-7-2-3-8-25(23)28-26)27(32)30-15-13-29(14-16-30)20-5-4-6-21(31)17-20/h2-12,17-18,31H,13-16H2,1H3. The van der Waals surface area contributed by atoms with E-state index in [0.717, 1.165) is 33.6 Å². The van der Waals surface area contributed by atoms with Crippen LogP contribution < -0.4 is 9.64 Å². The van der Waals surface area contributed by atoms with Crippen molar-refractivity contribution in [2.75, 3.05) is 38.2 Å². The van der Waals surface area contributed by atoms with Crippen molar-refractivity contribution < 1.29 is 14.6 Å². The van der Waals surface area contributed by atoms with E-state index in [9.17, 15) is 9.90 Å². The molecule has 6 heteroatoms. The Morgan fingerprint density at radius 1 is 0.909 bits per heavy atom. The second kappa shape index (κ2) is 8.82. The Bertz CT molecular complexity index is 1300. The maximum absolute atomic E-state index is 13.6. The Morgan fingerprint density at radius 2 is 1.67 bits per heavy atom. The van der Waals surface area contributed by atoms with Crippen molar-refractivity contribution >= 4 is 22.5 Å². The summed E-state index contributed by atoms with van der Waals surface area (Å²) in [4.78, 5) is 22.5. The zero-order valence-corrected chi connectivity index (χ0v) is 18.4. The first-order valence-electron chi connectivity index (χ1n) is 11.0. The number of benzene rings is 3. The van der Waals surface area contributed by atoms with Crippen LogP contribution in [0.15, 0.2) is 78.9 Å². The molecule has 5 rings (SSSR count). The number of rotatable bonds is 4. The Kier molecular flexibility index (Phi) is 5.57. The molecular weight excluding hydrogens is 414 g/mol. The van der Waals surface area contributed by atoms with Crippen LogP contribution in [0.25, 0.3) is 22.2 Å². The lowest BCUT2D eigenvalue weighted by Crippen LogP contribution is -2.48. The molecule has 1 aliphatic rings. The van der Waals surface area contributed by atoms with Crippen molar-refractivity contribution in [3.8, 4) is 22.8 Å². The summed E-state index contributed by atoms with van der Waals surface area (Å²) in [5.74, 6) is 1.04. The minimum atomic E-state index is 0.0129. The summed E-state index contributed by atoms with van der Waals surface area (Å²) in [6, 6.07) is 24.6. The van der Waals surface area contributed by atoms with Crippen molar-refractivity contribution in [3.05, 3.63) is 84.4 Å². The van der Waals surface area contributed by atoms with Gasteiger partial charge in [-0.05, 0) is 48.5 Å². The number of aromatic hydroxyl groups is 1. The largest absolute Gasteiger partial charge is 0.508 e. The first-order valence-corrected chi connectivity index (χ1v) is 11.0. The summed E-state index contributed by atoms with van der Waals surface area (Å²) in [5.41, 5.74) is 4.13. The van der Waals surface area contributed by atoms with Gasteiger partial charge in [0.15, 0.2) is 0 Å². The molecule has 6 nitrogen and oxygen atoms in total. The van der Waals surface area contributed by atoms with Gasteiger partial charge in [0.1, 0.15) is 11.5 Å². The molecule has 1 saturated heterocycles. The lowest BCUT2D eigenvalue weighted by atomic mass is 10.0. The van der Waals surface area contributed by atoms with Crippen LogP contribution in [0.3, 0.4) is 0 Å². The van der Waals surface area contributed by atoms with Gasteiger partial charge in [0, 0.05) is 48.9 Å². The number of aromatic nitrogens is 1. The number of pyridine rings is 1. The van der Waals surface area contributed by atoms with Gasteiger partial charge in [-0.3, -0.25) is 4.79 Å². The molecule has 1 aromatic heterocycles. The zero-order chi connectivity index (χ0) is 22.8. The number of para-hydroxylation sites is 1. The number of phenols is 1. The third-order valence-electron chi connectivity index (χ3n) is 6.09. The molecule has 1 amide bonds. The first-order chi connectivity index (χ1) is 16.1. The number of nitrogens with zero attached hydrogens (tertiary/aromatic N) is 3. The number of fused-ring (bicyclic) bond motifs is 1. The van der Waals surface area contributed by atoms with Crippen molar-refractivity contribution in [2.45, 2.75) is 0 Å². The van der Waals surface area contributed by atoms with Crippen LogP contribution in [0.2, 0.25) is 0 Å². The SMILES string of the molecule is COc1ccc(-c2cc(C(=O)N3CCN(c4cccc(O)c4)CC3)c3ccccc3n2)cc1. The van der Waals surface area contributed by atoms with Crippen LogP contribution in [0, 0.1) is 0 Å². The summed E-state index contributed by atoms with van der Waals surface area (Å²) >= 11 is 0. The monoisotopic (exact) mass is 439 g/mol. The van der Waals surface area contributed by atoms with Crippen molar-refractivity contribution in [1.82, 2.24) is 9.88 Å². The third-order valence-corrected chi connectivity index (χ3v) is 6.09. The molecular formula is C27H25N3O3. The van der Waals surface area contributed by atoms with Gasteiger partial charge in [-0.25, -0.2) is 4.98 Å². The lowest BCUT2D eigenvalue weighted by Gasteiger charge is -2.36. The molecule has 0 saturated carbocycles. The molecule has 166 valence electrons. The number of ether oxygens (including phenoxy) is 1. The van der Waals surface area contributed by atoms with E-state index in [4.69, 9.17) is 9.72 Å². The van der Waals surface area contributed by atoms with Crippen LogP contribution in [0.1, 0.15) is 10.4 Å². The van der Waals surface area contributed by atoms with E-state index in [-0.39, 0.29) is 11.7 Å². The minimum Gasteiger partial charge on any atom is -0.508 e. The third kappa shape index (κ3) is 4.20. The highest BCUT2D eigenvalue weighted by Crippen LogP contribution is 2.28. The summed E-state index contributed by atoms with van der Waals surface area (Å²) in [7, 11) is 1.64. The van der Waals surface area contributed by atoms with Gasteiger partial charge in [0.05, 0.1) is 23.9 Å². The van der Waals surface area contributed by atoms with Crippen LogP contribution in [0.5, 0.6) is 11.5 Å². The van der Waals surface area contributed by atoms with Crippen molar-refractivity contribution in [2.24, 2.45) is 0 Å². The van der Waals surface area contributed by atoms with E-state index >= 15 is 0 Å². The van der Waals surface area contributed by atoms with E-state index in [2.05, 4.69) is 4.90 Å². The van der Waals surface area contributed by atoms with Gasteiger partial charge < -0.3 is 19.6 Å². The topological polar surface area (TPSA) is 65.9 Å².